The van der Waals surface area contributed by atoms with Gasteiger partial charge in [0.2, 0.25) is 0 Å². The lowest BCUT2D eigenvalue weighted by Gasteiger charge is -2.23. The number of carbonyl (C=O) groups is 1. The van der Waals surface area contributed by atoms with Gasteiger partial charge in [-0.2, -0.15) is 5.10 Å². The third-order valence-electron chi connectivity index (χ3n) is 4.39. The van der Waals surface area contributed by atoms with Gasteiger partial charge >= 0.3 is 5.97 Å². The van der Waals surface area contributed by atoms with Crippen molar-refractivity contribution in [2.24, 2.45) is 0 Å². The van der Waals surface area contributed by atoms with Crippen LogP contribution in [0.2, 0.25) is 0 Å². The number of hydrogen-bond donors (Lipinski definition) is 2. The molecule has 0 amide bonds. The minimum atomic E-state index is -0.941. The molecule has 1 aliphatic rings. The molecule has 0 radical (unpaired) electrons. The molecule has 0 saturated carbocycles. The Balaban J connectivity index is 1.83. The summed E-state index contributed by atoms with van der Waals surface area (Å²) >= 11 is 0. The van der Waals surface area contributed by atoms with Gasteiger partial charge in [-0.3, -0.25) is 5.10 Å². The molecule has 5 heteroatoms. The molecule has 23 heavy (non-hydrogen) atoms. The maximum atomic E-state index is 11.4. The molecule has 2 aromatic carbocycles. The van der Waals surface area contributed by atoms with Gasteiger partial charge in [-0.25, -0.2) is 4.79 Å². The summed E-state index contributed by atoms with van der Waals surface area (Å²) in [5.41, 5.74) is 5.78. The average Bonchev–Trinajstić information content (AvgIpc) is 2.94. The van der Waals surface area contributed by atoms with Crippen molar-refractivity contribution in [3.8, 4) is 11.1 Å². The predicted octanol–water partition coefficient (Wildman–Crippen LogP) is 3.24. The number of aromatic nitrogens is 2. The Kier molecular flexibility index (Phi) is 3.16. The van der Waals surface area contributed by atoms with Gasteiger partial charge in [0, 0.05) is 11.1 Å². The molecule has 1 aromatic heterocycles. The number of aromatic amines is 1. The summed E-state index contributed by atoms with van der Waals surface area (Å²) in [6.45, 7) is 2.43. The highest BCUT2D eigenvalue weighted by atomic mass is 16.5. The van der Waals surface area contributed by atoms with Crippen molar-refractivity contribution in [1.29, 1.82) is 0 Å². The van der Waals surface area contributed by atoms with E-state index in [1.165, 1.54) is 0 Å². The number of rotatable bonds is 2. The fourth-order valence-corrected chi connectivity index (χ4v) is 3.14. The molecule has 1 aliphatic heterocycles. The van der Waals surface area contributed by atoms with Gasteiger partial charge in [0.05, 0.1) is 12.1 Å². The Labute approximate surface area is 132 Å². The Morgan fingerprint density at radius 2 is 2.04 bits per heavy atom. The number of ether oxygens (including phenoxy) is 1. The summed E-state index contributed by atoms with van der Waals surface area (Å²) in [6.07, 6.45) is -0.127. The number of nitrogens with zero attached hydrogens (tertiary/aromatic N) is 1. The third-order valence-corrected chi connectivity index (χ3v) is 4.39. The smallest absolute Gasteiger partial charge is 0.337 e. The topological polar surface area (TPSA) is 75.2 Å². The van der Waals surface area contributed by atoms with Crippen molar-refractivity contribution >= 4 is 16.9 Å². The van der Waals surface area contributed by atoms with Crippen LogP contribution in [0.3, 0.4) is 0 Å². The van der Waals surface area contributed by atoms with E-state index in [4.69, 9.17) is 4.74 Å². The number of nitrogens with one attached hydrogen (secondary N) is 1. The molecule has 2 N–H and O–H groups in total. The zero-order chi connectivity index (χ0) is 16.0. The normalized spacial score (nSPS) is 17.2. The summed E-state index contributed by atoms with van der Waals surface area (Å²) in [5, 5.41) is 17.6. The molecular formula is C18H16N2O3. The molecule has 0 saturated heterocycles. The van der Waals surface area contributed by atoms with Crippen molar-refractivity contribution in [2.75, 3.05) is 6.61 Å². The largest absolute Gasteiger partial charge is 0.479 e. The predicted molar refractivity (Wildman–Crippen MR) is 86.3 cm³/mol. The van der Waals surface area contributed by atoms with Gasteiger partial charge in [-0.15, -0.1) is 0 Å². The van der Waals surface area contributed by atoms with Crippen LogP contribution in [0.5, 0.6) is 0 Å². The number of H-pyrrole nitrogens is 1. The Bertz CT molecular complexity index is 914. The Morgan fingerprint density at radius 3 is 2.87 bits per heavy atom. The number of hydrogen-bond acceptors (Lipinski definition) is 3. The summed E-state index contributed by atoms with van der Waals surface area (Å²) in [4.78, 5) is 11.4. The highest BCUT2D eigenvalue weighted by Gasteiger charge is 2.27. The third kappa shape index (κ3) is 2.29. The number of benzene rings is 2. The summed E-state index contributed by atoms with van der Waals surface area (Å²) < 4.78 is 5.42. The minimum Gasteiger partial charge on any atom is -0.479 e. The van der Waals surface area contributed by atoms with E-state index < -0.39 is 12.1 Å². The van der Waals surface area contributed by atoms with E-state index in [2.05, 4.69) is 16.3 Å². The number of carboxylic acid groups (broad SMARTS) is 1. The van der Waals surface area contributed by atoms with Crippen LogP contribution < -0.4 is 0 Å². The number of carboxylic acids is 1. The van der Waals surface area contributed by atoms with Crippen molar-refractivity contribution in [3.63, 3.8) is 0 Å². The zero-order valence-corrected chi connectivity index (χ0v) is 12.7. The lowest BCUT2D eigenvalue weighted by atomic mass is 9.92. The maximum absolute atomic E-state index is 11.4. The van der Waals surface area contributed by atoms with Crippen LogP contribution in [-0.2, 0) is 16.0 Å². The average molecular weight is 308 g/mol. The summed E-state index contributed by atoms with van der Waals surface area (Å²) in [7, 11) is 0. The lowest BCUT2D eigenvalue weighted by Crippen LogP contribution is -2.23. The van der Waals surface area contributed by atoms with Gasteiger partial charge in [-0.1, -0.05) is 18.2 Å². The second-order valence-corrected chi connectivity index (χ2v) is 5.83. The molecule has 116 valence electrons. The first kappa shape index (κ1) is 14.0. The van der Waals surface area contributed by atoms with Crippen molar-refractivity contribution in [1.82, 2.24) is 10.2 Å². The van der Waals surface area contributed by atoms with Gasteiger partial charge in [-0.05, 0) is 53.8 Å². The Morgan fingerprint density at radius 1 is 1.26 bits per heavy atom. The number of fused-ring (bicyclic) bond motifs is 2. The van der Waals surface area contributed by atoms with Gasteiger partial charge < -0.3 is 9.84 Å². The highest BCUT2D eigenvalue weighted by Crippen LogP contribution is 2.32. The molecule has 0 spiro atoms. The Hall–Kier alpha value is -2.66. The fourth-order valence-electron chi connectivity index (χ4n) is 3.14. The second-order valence-electron chi connectivity index (χ2n) is 5.83. The lowest BCUT2D eigenvalue weighted by molar-refractivity contribution is -0.151. The first-order chi connectivity index (χ1) is 11.1. The molecule has 0 fully saturated rings. The SMILES string of the molecule is Cc1[nH]nc2ccc(-c3ccc4c(c3)C(C(=O)O)OCC4)cc12. The highest BCUT2D eigenvalue weighted by molar-refractivity contribution is 5.87. The van der Waals surface area contributed by atoms with Crippen LogP contribution in [0.4, 0.5) is 0 Å². The molecule has 0 bridgehead atoms. The molecule has 4 rings (SSSR count). The summed E-state index contributed by atoms with van der Waals surface area (Å²) in [5.74, 6) is -0.941. The van der Waals surface area contributed by atoms with E-state index in [9.17, 15) is 9.90 Å². The van der Waals surface area contributed by atoms with Gasteiger partial charge in [0.25, 0.3) is 0 Å². The van der Waals surface area contributed by atoms with Crippen LogP contribution in [0.15, 0.2) is 36.4 Å². The first-order valence-corrected chi connectivity index (χ1v) is 7.56. The molecule has 0 aliphatic carbocycles. The fraction of sp³-hybridized carbons (Fsp3) is 0.222. The zero-order valence-electron chi connectivity index (χ0n) is 12.7. The van der Waals surface area contributed by atoms with E-state index in [0.717, 1.165) is 45.3 Å². The molecular weight excluding hydrogens is 292 g/mol. The molecule has 5 nitrogen and oxygen atoms in total. The first-order valence-electron chi connectivity index (χ1n) is 7.56. The van der Waals surface area contributed by atoms with Crippen LogP contribution in [0.1, 0.15) is 22.9 Å². The van der Waals surface area contributed by atoms with E-state index in [1.807, 2.05) is 37.3 Å². The summed E-state index contributed by atoms with van der Waals surface area (Å²) in [6, 6.07) is 12.0. The standard InChI is InChI=1S/C18H16N2O3/c1-10-14-8-13(4-5-16(14)20-19-10)12-3-2-11-6-7-23-17(18(21)22)15(11)9-12/h2-5,8-9,17H,6-7H2,1H3,(H,19,20)(H,21,22). The van der Waals surface area contributed by atoms with Crippen LogP contribution >= 0.6 is 0 Å². The second kappa shape index (κ2) is 5.21. The van der Waals surface area contributed by atoms with E-state index in [0.29, 0.717) is 6.61 Å². The van der Waals surface area contributed by atoms with Crippen molar-refractivity contribution < 1.29 is 14.6 Å². The number of aliphatic carboxylic acids is 1. The van der Waals surface area contributed by atoms with Gasteiger partial charge in [0.1, 0.15) is 0 Å². The monoisotopic (exact) mass is 308 g/mol. The molecule has 3 aromatic rings. The van der Waals surface area contributed by atoms with Crippen LogP contribution in [0, 0.1) is 6.92 Å². The van der Waals surface area contributed by atoms with Crippen molar-refractivity contribution in [2.45, 2.75) is 19.4 Å². The quantitative estimate of drug-likeness (QED) is 0.762. The van der Waals surface area contributed by atoms with E-state index in [1.54, 1.807) is 0 Å². The van der Waals surface area contributed by atoms with Crippen molar-refractivity contribution in [3.05, 3.63) is 53.2 Å². The van der Waals surface area contributed by atoms with Crippen LogP contribution in [-0.4, -0.2) is 27.9 Å². The number of aryl methyl sites for hydroxylation is 1. The molecule has 1 atom stereocenters. The van der Waals surface area contributed by atoms with E-state index >= 15 is 0 Å². The maximum Gasteiger partial charge on any atom is 0.337 e. The molecule has 2 heterocycles. The minimum absolute atomic E-state index is 0.448. The van der Waals surface area contributed by atoms with Gasteiger partial charge in [0.15, 0.2) is 6.10 Å². The van der Waals surface area contributed by atoms with E-state index in [-0.39, 0.29) is 0 Å². The van der Waals surface area contributed by atoms with Crippen LogP contribution in [0.25, 0.3) is 22.0 Å². The molecule has 1 unspecified atom stereocenters.